The molecule has 0 saturated carbocycles. The number of sulfonamides is 1. The summed E-state index contributed by atoms with van der Waals surface area (Å²) in [5.41, 5.74) is 1.33. The molecule has 23 heavy (non-hydrogen) atoms. The van der Waals surface area contributed by atoms with Crippen LogP contribution in [0.3, 0.4) is 0 Å². The van der Waals surface area contributed by atoms with Crippen molar-refractivity contribution in [2.45, 2.75) is 11.8 Å². The van der Waals surface area contributed by atoms with Gasteiger partial charge in [0.1, 0.15) is 0 Å². The fraction of sp³-hybridized carbons (Fsp3) is 0.250. The van der Waals surface area contributed by atoms with Gasteiger partial charge in [0, 0.05) is 18.1 Å². The predicted octanol–water partition coefficient (Wildman–Crippen LogP) is 3.49. The van der Waals surface area contributed by atoms with Crippen LogP contribution in [-0.4, -0.2) is 29.7 Å². The van der Waals surface area contributed by atoms with Gasteiger partial charge in [0.2, 0.25) is 0 Å². The minimum absolute atomic E-state index is 0.108. The lowest BCUT2D eigenvalue weighted by atomic mass is 10.2. The van der Waals surface area contributed by atoms with Crippen molar-refractivity contribution in [1.82, 2.24) is 0 Å². The van der Waals surface area contributed by atoms with Crippen LogP contribution in [0.4, 0.5) is 5.69 Å². The van der Waals surface area contributed by atoms with Crippen molar-refractivity contribution in [3.05, 3.63) is 47.0 Å². The molecule has 0 fully saturated rings. The van der Waals surface area contributed by atoms with E-state index in [4.69, 9.17) is 21.1 Å². The van der Waals surface area contributed by atoms with E-state index in [-0.39, 0.29) is 4.90 Å². The van der Waals surface area contributed by atoms with Gasteiger partial charge in [-0.3, -0.25) is 4.31 Å². The fourth-order valence-electron chi connectivity index (χ4n) is 2.19. The van der Waals surface area contributed by atoms with Crippen molar-refractivity contribution in [3.63, 3.8) is 0 Å². The Labute approximate surface area is 141 Å². The van der Waals surface area contributed by atoms with Gasteiger partial charge in [0.15, 0.2) is 11.5 Å². The van der Waals surface area contributed by atoms with E-state index >= 15 is 0 Å². The maximum Gasteiger partial charge on any atom is 0.264 e. The molecular formula is C16H18ClNO4S. The molecule has 0 amide bonds. The summed E-state index contributed by atoms with van der Waals surface area (Å²) in [6.07, 6.45) is 0. The number of rotatable bonds is 5. The third-order valence-corrected chi connectivity index (χ3v) is 5.53. The highest BCUT2D eigenvalue weighted by atomic mass is 35.5. The second-order valence-corrected chi connectivity index (χ2v) is 7.33. The zero-order valence-electron chi connectivity index (χ0n) is 13.3. The van der Waals surface area contributed by atoms with E-state index in [1.807, 2.05) is 6.92 Å². The minimum Gasteiger partial charge on any atom is -0.493 e. The second kappa shape index (κ2) is 6.68. The zero-order valence-corrected chi connectivity index (χ0v) is 14.9. The summed E-state index contributed by atoms with van der Waals surface area (Å²) in [4.78, 5) is 0.108. The van der Waals surface area contributed by atoms with Crippen molar-refractivity contribution < 1.29 is 17.9 Å². The molecule has 0 atom stereocenters. The van der Waals surface area contributed by atoms with Gasteiger partial charge in [-0.15, -0.1) is 0 Å². The van der Waals surface area contributed by atoms with Crippen molar-refractivity contribution in [2.75, 3.05) is 25.6 Å². The SMILES string of the molecule is COc1ccc(S(=O)(=O)N(C)c2cc(Cl)ccc2C)cc1OC. The molecule has 0 bridgehead atoms. The monoisotopic (exact) mass is 355 g/mol. The van der Waals surface area contributed by atoms with E-state index in [0.29, 0.717) is 22.2 Å². The van der Waals surface area contributed by atoms with Gasteiger partial charge in [0.05, 0.1) is 24.8 Å². The lowest BCUT2D eigenvalue weighted by Crippen LogP contribution is -2.27. The van der Waals surface area contributed by atoms with E-state index in [1.54, 1.807) is 24.3 Å². The third kappa shape index (κ3) is 3.38. The number of hydrogen-bond acceptors (Lipinski definition) is 4. The molecule has 0 N–H and O–H groups in total. The van der Waals surface area contributed by atoms with Crippen molar-refractivity contribution in [3.8, 4) is 11.5 Å². The van der Waals surface area contributed by atoms with E-state index in [1.165, 1.54) is 37.7 Å². The van der Waals surface area contributed by atoms with Gasteiger partial charge >= 0.3 is 0 Å². The highest BCUT2D eigenvalue weighted by Gasteiger charge is 2.24. The molecule has 0 aliphatic carbocycles. The molecule has 2 rings (SSSR count). The standard InChI is InChI=1S/C16H18ClNO4S/c1-11-5-6-12(17)9-14(11)18(2)23(19,20)13-7-8-15(21-3)16(10-13)22-4/h5-10H,1-4H3. The van der Waals surface area contributed by atoms with Gasteiger partial charge in [-0.05, 0) is 36.8 Å². The van der Waals surface area contributed by atoms with Crippen molar-refractivity contribution >= 4 is 27.3 Å². The summed E-state index contributed by atoms with van der Waals surface area (Å²) < 4.78 is 37.2. The van der Waals surface area contributed by atoms with Gasteiger partial charge in [0.25, 0.3) is 10.0 Å². The van der Waals surface area contributed by atoms with E-state index in [9.17, 15) is 8.42 Å². The smallest absolute Gasteiger partial charge is 0.264 e. The van der Waals surface area contributed by atoms with Gasteiger partial charge in [-0.2, -0.15) is 0 Å². The molecule has 2 aromatic rings. The molecule has 5 nitrogen and oxygen atoms in total. The van der Waals surface area contributed by atoms with Crippen LogP contribution in [0.15, 0.2) is 41.3 Å². The van der Waals surface area contributed by atoms with E-state index in [2.05, 4.69) is 0 Å². The Bertz CT molecular complexity index is 821. The quantitative estimate of drug-likeness (QED) is 0.823. The predicted molar refractivity (Wildman–Crippen MR) is 91.3 cm³/mol. The summed E-state index contributed by atoms with van der Waals surface area (Å²) in [5, 5.41) is 0.472. The number of nitrogens with zero attached hydrogens (tertiary/aromatic N) is 1. The van der Waals surface area contributed by atoms with Crippen LogP contribution < -0.4 is 13.8 Å². The van der Waals surface area contributed by atoms with Crippen LogP contribution in [0.2, 0.25) is 5.02 Å². The summed E-state index contributed by atoms with van der Waals surface area (Å²) in [5.74, 6) is 0.817. The molecule has 2 aromatic carbocycles. The first kappa shape index (κ1) is 17.4. The number of halogens is 1. The Hall–Kier alpha value is -1.92. The first-order valence-electron chi connectivity index (χ1n) is 6.78. The number of anilines is 1. The van der Waals surface area contributed by atoms with Gasteiger partial charge in [-0.25, -0.2) is 8.42 Å². The number of methoxy groups -OCH3 is 2. The molecule has 0 aliphatic rings. The van der Waals surface area contributed by atoms with Crippen LogP contribution in [0.25, 0.3) is 0 Å². The van der Waals surface area contributed by atoms with Crippen LogP contribution in [0, 0.1) is 6.92 Å². The van der Waals surface area contributed by atoms with Crippen LogP contribution >= 0.6 is 11.6 Å². The Morgan fingerprint density at radius 3 is 2.26 bits per heavy atom. The lowest BCUT2D eigenvalue weighted by molar-refractivity contribution is 0.354. The maximum atomic E-state index is 12.9. The Morgan fingerprint density at radius 1 is 1.00 bits per heavy atom. The number of benzene rings is 2. The Balaban J connectivity index is 2.51. The Kier molecular flexibility index (Phi) is 5.06. The molecule has 0 radical (unpaired) electrons. The van der Waals surface area contributed by atoms with Gasteiger partial charge in [-0.1, -0.05) is 17.7 Å². The molecule has 0 heterocycles. The number of hydrogen-bond donors (Lipinski definition) is 0. The molecular weight excluding hydrogens is 338 g/mol. The zero-order chi connectivity index (χ0) is 17.2. The summed E-state index contributed by atoms with van der Waals surface area (Å²) in [7, 11) is 0.692. The second-order valence-electron chi connectivity index (χ2n) is 4.92. The largest absolute Gasteiger partial charge is 0.493 e. The average Bonchev–Trinajstić information content (AvgIpc) is 2.55. The van der Waals surface area contributed by atoms with Crippen LogP contribution in [0.1, 0.15) is 5.56 Å². The molecule has 0 spiro atoms. The molecule has 0 aliphatic heterocycles. The molecule has 7 heteroatoms. The van der Waals surface area contributed by atoms with E-state index < -0.39 is 10.0 Å². The van der Waals surface area contributed by atoms with Gasteiger partial charge < -0.3 is 9.47 Å². The number of aryl methyl sites for hydroxylation is 1. The van der Waals surface area contributed by atoms with Crippen molar-refractivity contribution in [2.24, 2.45) is 0 Å². The average molecular weight is 356 g/mol. The third-order valence-electron chi connectivity index (χ3n) is 3.52. The summed E-state index contributed by atoms with van der Waals surface area (Å²) >= 11 is 5.99. The maximum absolute atomic E-state index is 12.9. The molecule has 0 aromatic heterocycles. The summed E-state index contributed by atoms with van der Waals surface area (Å²) in [6, 6.07) is 9.59. The highest BCUT2D eigenvalue weighted by molar-refractivity contribution is 7.92. The molecule has 0 unspecified atom stereocenters. The lowest BCUT2D eigenvalue weighted by Gasteiger charge is -2.22. The highest BCUT2D eigenvalue weighted by Crippen LogP contribution is 2.33. The van der Waals surface area contributed by atoms with Crippen LogP contribution in [-0.2, 0) is 10.0 Å². The van der Waals surface area contributed by atoms with Crippen molar-refractivity contribution in [1.29, 1.82) is 0 Å². The molecule has 124 valence electrons. The normalized spacial score (nSPS) is 11.2. The number of ether oxygens (including phenoxy) is 2. The summed E-state index contributed by atoms with van der Waals surface area (Å²) in [6.45, 7) is 1.83. The fourth-order valence-corrected chi connectivity index (χ4v) is 3.62. The first-order valence-corrected chi connectivity index (χ1v) is 8.60. The van der Waals surface area contributed by atoms with Crippen LogP contribution in [0.5, 0.6) is 11.5 Å². The Morgan fingerprint density at radius 2 is 1.65 bits per heavy atom. The minimum atomic E-state index is -3.75. The van der Waals surface area contributed by atoms with E-state index in [0.717, 1.165) is 5.56 Å². The first-order chi connectivity index (χ1) is 10.8. The molecule has 0 saturated heterocycles. The topological polar surface area (TPSA) is 55.8 Å².